The Balaban J connectivity index is 2.39. The normalized spacial score (nSPS) is 12.6. The van der Waals surface area contributed by atoms with E-state index in [1.54, 1.807) is 7.11 Å². The van der Waals surface area contributed by atoms with Crippen LogP contribution in [0.3, 0.4) is 0 Å². The highest BCUT2D eigenvalue weighted by Crippen LogP contribution is 2.25. The van der Waals surface area contributed by atoms with Crippen molar-refractivity contribution in [2.45, 2.75) is 13.0 Å². The van der Waals surface area contributed by atoms with Gasteiger partial charge < -0.3 is 9.47 Å². The lowest BCUT2D eigenvalue weighted by atomic mass is 10.0. The molecule has 3 heteroatoms. The van der Waals surface area contributed by atoms with Gasteiger partial charge in [0, 0.05) is 7.11 Å². The Morgan fingerprint density at radius 3 is 2.53 bits per heavy atom. The van der Waals surface area contributed by atoms with Crippen molar-refractivity contribution in [2.24, 2.45) is 0 Å². The van der Waals surface area contributed by atoms with Gasteiger partial charge in [0.05, 0.1) is 22.6 Å². The van der Waals surface area contributed by atoms with Crippen molar-refractivity contribution in [3.8, 4) is 5.75 Å². The number of rotatable bonds is 4. The fourth-order valence-corrected chi connectivity index (χ4v) is 1.97. The van der Waals surface area contributed by atoms with E-state index >= 15 is 0 Å². The molecule has 2 aromatic carbocycles. The molecule has 0 aliphatic heterocycles. The Hall–Kier alpha value is -1.32. The third-order valence-electron chi connectivity index (χ3n) is 2.90. The molecular weight excluding hydrogens is 228 g/mol. The Bertz CT molecular complexity index is 511. The minimum absolute atomic E-state index is 0.123. The van der Waals surface area contributed by atoms with E-state index in [0.29, 0.717) is 6.23 Å². The topological polar surface area (TPSA) is 18.5 Å². The Kier molecular flexibility index (Phi) is 3.81. The van der Waals surface area contributed by atoms with E-state index in [4.69, 9.17) is 9.47 Å². The van der Waals surface area contributed by atoms with Gasteiger partial charge in [-0.1, -0.05) is 18.2 Å². The largest absolute Gasteiger partial charge is 0.498 e. The first kappa shape index (κ1) is 12.1. The Morgan fingerprint density at radius 1 is 1.12 bits per heavy atom. The monoisotopic (exact) mass is 243 g/mol. The lowest BCUT2D eigenvalue weighted by molar-refractivity contribution is 0.119. The van der Waals surface area contributed by atoms with Crippen LogP contribution in [0.4, 0.5) is 0 Å². The third kappa shape index (κ3) is 2.68. The Morgan fingerprint density at radius 2 is 1.82 bits per heavy atom. The first-order valence-electron chi connectivity index (χ1n) is 5.58. The fourth-order valence-electron chi connectivity index (χ4n) is 1.80. The zero-order valence-electron chi connectivity index (χ0n) is 10.1. The molecule has 3 radical (unpaired) electrons. The smallest absolute Gasteiger partial charge is 0.119 e. The molecule has 1 unspecified atom stereocenters. The molecule has 0 heterocycles. The van der Waals surface area contributed by atoms with Crippen LogP contribution in [-0.2, 0) is 4.74 Å². The van der Waals surface area contributed by atoms with Gasteiger partial charge in [0.2, 0.25) is 0 Å². The molecule has 0 spiro atoms. The maximum Gasteiger partial charge on any atom is 0.119 e. The molecule has 0 aromatic heterocycles. The van der Waals surface area contributed by atoms with E-state index in [0.717, 1.165) is 5.75 Å². The molecule has 0 amide bonds. The molecule has 0 bridgehead atoms. The van der Waals surface area contributed by atoms with Crippen LogP contribution in [0, 0.1) is 0 Å². The molecule has 17 heavy (non-hydrogen) atoms. The van der Waals surface area contributed by atoms with E-state index in [-0.39, 0.29) is 6.10 Å². The molecule has 2 rings (SSSR count). The van der Waals surface area contributed by atoms with Crippen molar-refractivity contribution in [2.75, 3.05) is 13.3 Å². The van der Waals surface area contributed by atoms with Gasteiger partial charge in [0.25, 0.3) is 0 Å². The first-order chi connectivity index (χ1) is 8.24. The highest BCUT2D eigenvalue weighted by Gasteiger charge is 2.04. The van der Waals surface area contributed by atoms with Crippen LogP contribution in [0.15, 0.2) is 36.4 Å². The summed E-state index contributed by atoms with van der Waals surface area (Å²) in [5.74, 6) is 0.875. The molecule has 0 aliphatic carbocycles. The highest BCUT2D eigenvalue weighted by atomic mass is 28.1. The number of ether oxygens (including phenoxy) is 2. The SMILES string of the molecule is COC(C)c1ccc2cc(OC[Si])ccc2c1. The second-order valence-electron chi connectivity index (χ2n) is 3.94. The van der Waals surface area contributed by atoms with Crippen molar-refractivity contribution < 1.29 is 9.47 Å². The predicted octanol–water partition coefficient (Wildman–Crippen LogP) is 3.05. The summed E-state index contributed by atoms with van der Waals surface area (Å²) in [5, 5.41) is 2.38. The average Bonchev–Trinajstić information content (AvgIpc) is 2.37. The van der Waals surface area contributed by atoms with E-state index in [1.165, 1.54) is 16.3 Å². The summed E-state index contributed by atoms with van der Waals surface area (Å²) in [7, 11) is 5.02. The van der Waals surface area contributed by atoms with Crippen molar-refractivity contribution in [1.29, 1.82) is 0 Å². The summed E-state index contributed by atoms with van der Waals surface area (Å²) in [5.41, 5.74) is 1.19. The van der Waals surface area contributed by atoms with E-state index in [9.17, 15) is 0 Å². The molecule has 1 atom stereocenters. The standard InChI is InChI=1S/C14H15O2Si/c1-10(15-2)11-3-4-13-8-14(16-9-17)6-5-12(13)7-11/h3-8,10H,9H2,1-2H3. The van der Waals surface area contributed by atoms with Gasteiger partial charge in [-0.3, -0.25) is 0 Å². The van der Waals surface area contributed by atoms with Gasteiger partial charge in [-0.05, 0) is 41.5 Å². The van der Waals surface area contributed by atoms with Crippen molar-refractivity contribution in [3.05, 3.63) is 42.0 Å². The summed E-state index contributed by atoms with van der Waals surface area (Å²) < 4.78 is 10.7. The maximum atomic E-state index is 5.40. The zero-order chi connectivity index (χ0) is 12.3. The quantitative estimate of drug-likeness (QED) is 0.768. The zero-order valence-corrected chi connectivity index (χ0v) is 11.1. The van der Waals surface area contributed by atoms with E-state index < -0.39 is 0 Å². The number of hydrogen-bond donors (Lipinski definition) is 0. The van der Waals surface area contributed by atoms with Gasteiger partial charge in [0.1, 0.15) is 5.75 Å². The third-order valence-corrected chi connectivity index (χ3v) is 3.04. The molecular formula is C14H15O2Si. The summed E-state index contributed by atoms with van der Waals surface area (Å²) >= 11 is 0. The summed E-state index contributed by atoms with van der Waals surface area (Å²) in [6.45, 7) is 2.04. The second kappa shape index (κ2) is 5.34. The van der Waals surface area contributed by atoms with Crippen molar-refractivity contribution >= 4 is 21.0 Å². The van der Waals surface area contributed by atoms with Crippen LogP contribution >= 0.6 is 0 Å². The average molecular weight is 243 g/mol. The highest BCUT2D eigenvalue weighted by molar-refractivity contribution is 6.08. The number of benzene rings is 2. The molecule has 0 N–H and O–H groups in total. The maximum absolute atomic E-state index is 5.40. The van der Waals surface area contributed by atoms with Crippen LogP contribution in [0.1, 0.15) is 18.6 Å². The van der Waals surface area contributed by atoms with Crippen LogP contribution in [0.25, 0.3) is 10.8 Å². The molecule has 0 fully saturated rings. The minimum atomic E-state index is 0.123. The number of hydrogen-bond acceptors (Lipinski definition) is 2. The minimum Gasteiger partial charge on any atom is -0.498 e. The van der Waals surface area contributed by atoms with Crippen LogP contribution < -0.4 is 4.74 Å². The Labute approximate surface area is 105 Å². The van der Waals surface area contributed by atoms with E-state index in [1.807, 2.05) is 19.1 Å². The number of methoxy groups -OCH3 is 1. The van der Waals surface area contributed by atoms with Crippen LogP contribution in [-0.4, -0.2) is 23.6 Å². The fraction of sp³-hybridized carbons (Fsp3) is 0.286. The van der Waals surface area contributed by atoms with Gasteiger partial charge in [-0.15, -0.1) is 0 Å². The molecule has 2 nitrogen and oxygen atoms in total. The predicted molar refractivity (Wildman–Crippen MR) is 70.6 cm³/mol. The van der Waals surface area contributed by atoms with Gasteiger partial charge in [-0.2, -0.15) is 0 Å². The van der Waals surface area contributed by atoms with Gasteiger partial charge >= 0.3 is 0 Å². The molecule has 87 valence electrons. The van der Waals surface area contributed by atoms with Gasteiger partial charge in [-0.25, -0.2) is 0 Å². The lowest BCUT2D eigenvalue weighted by Gasteiger charge is -2.11. The summed E-state index contributed by atoms with van der Waals surface area (Å²) in [6.07, 6.45) is 0.627. The molecule has 2 aromatic rings. The molecule has 0 saturated carbocycles. The molecule has 0 aliphatic rings. The second-order valence-corrected chi connectivity index (χ2v) is 4.22. The first-order valence-corrected chi connectivity index (χ1v) is 6.29. The van der Waals surface area contributed by atoms with E-state index in [2.05, 4.69) is 34.5 Å². The van der Waals surface area contributed by atoms with Crippen LogP contribution in [0.2, 0.25) is 0 Å². The van der Waals surface area contributed by atoms with Gasteiger partial charge in [0.15, 0.2) is 0 Å². The summed E-state index contributed by atoms with van der Waals surface area (Å²) in [6, 6.07) is 12.4. The number of fused-ring (bicyclic) bond motifs is 1. The van der Waals surface area contributed by atoms with Crippen molar-refractivity contribution in [3.63, 3.8) is 0 Å². The summed E-state index contributed by atoms with van der Waals surface area (Å²) in [4.78, 5) is 0. The van der Waals surface area contributed by atoms with Crippen LogP contribution in [0.5, 0.6) is 5.75 Å². The molecule has 0 saturated heterocycles. The van der Waals surface area contributed by atoms with Crippen molar-refractivity contribution in [1.82, 2.24) is 0 Å². The lowest BCUT2D eigenvalue weighted by Crippen LogP contribution is -1.96.